The second kappa shape index (κ2) is 4.76. The molecular formula is C13H20N2O2S. The molecule has 3 fully saturated rings. The first-order chi connectivity index (χ1) is 8.65. The number of fused-ring (bicyclic) bond motifs is 2. The molecule has 0 aliphatic carbocycles. The van der Waals surface area contributed by atoms with Crippen LogP contribution in [0.3, 0.4) is 0 Å². The predicted molar refractivity (Wildman–Crippen MR) is 71.3 cm³/mol. The van der Waals surface area contributed by atoms with Gasteiger partial charge in [0.15, 0.2) is 0 Å². The van der Waals surface area contributed by atoms with E-state index in [9.17, 15) is 9.59 Å². The second-order valence-corrected chi connectivity index (χ2v) is 6.95. The van der Waals surface area contributed by atoms with Crippen molar-refractivity contribution in [1.29, 1.82) is 0 Å². The van der Waals surface area contributed by atoms with E-state index in [1.165, 1.54) is 6.42 Å². The van der Waals surface area contributed by atoms with Crippen LogP contribution < -0.4 is 0 Å². The normalized spacial score (nSPS) is 32.1. The first-order valence-corrected chi connectivity index (χ1v) is 7.87. The quantitative estimate of drug-likeness (QED) is 0.711. The SMILES string of the molecule is CC(=O)N1CCC(C(=O)N2CC3CC2CS3)CC1. The van der Waals surface area contributed by atoms with Gasteiger partial charge in [-0.25, -0.2) is 0 Å². The van der Waals surface area contributed by atoms with Crippen LogP contribution in [0.5, 0.6) is 0 Å². The number of hydrogen-bond donors (Lipinski definition) is 0. The molecule has 0 saturated carbocycles. The molecule has 0 aromatic rings. The van der Waals surface area contributed by atoms with Crippen molar-refractivity contribution >= 4 is 23.6 Å². The van der Waals surface area contributed by atoms with Crippen LogP contribution in [0.2, 0.25) is 0 Å². The van der Waals surface area contributed by atoms with Crippen molar-refractivity contribution in [2.75, 3.05) is 25.4 Å². The summed E-state index contributed by atoms with van der Waals surface area (Å²) in [5.74, 6) is 1.77. The average molecular weight is 268 g/mol. The van der Waals surface area contributed by atoms with Gasteiger partial charge in [-0.3, -0.25) is 9.59 Å². The van der Waals surface area contributed by atoms with Crippen molar-refractivity contribution in [1.82, 2.24) is 9.80 Å². The summed E-state index contributed by atoms with van der Waals surface area (Å²) < 4.78 is 0. The first kappa shape index (κ1) is 12.3. The standard InChI is InChI=1S/C13H20N2O2S/c1-9(16)14-4-2-10(3-5-14)13(17)15-7-12-6-11(15)8-18-12/h10-12H,2-8H2,1H3. The summed E-state index contributed by atoms with van der Waals surface area (Å²) in [4.78, 5) is 27.7. The fraction of sp³-hybridized carbons (Fsp3) is 0.846. The van der Waals surface area contributed by atoms with Crippen molar-refractivity contribution in [2.24, 2.45) is 5.92 Å². The highest BCUT2D eigenvalue weighted by atomic mass is 32.2. The molecule has 3 heterocycles. The molecule has 2 unspecified atom stereocenters. The van der Waals surface area contributed by atoms with Crippen molar-refractivity contribution in [3.8, 4) is 0 Å². The Morgan fingerprint density at radius 1 is 1.22 bits per heavy atom. The number of amides is 2. The van der Waals surface area contributed by atoms with Gasteiger partial charge in [0.2, 0.25) is 11.8 Å². The van der Waals surface area contributed by atoms with Crippen LogP contribution in [0.1, 0.15) is 26.2 Å². The molecule has 18 heavy (non-hydrogen) atoms. The molecule has 0 aromatic carbocycles. The van der Waals surface area contributed by atoms with E-state index in [0.29, 0.717) is 17.2 Å². The fourth-order valence-corrected chi connectivity index (χ4v) is 4.78. The zero-order chi connectivity index (χ0) is 12.7. The molecule has 2 amide bonds. The minimum Gasteiger partial charge on any atom is -0.343 e. The van der Waals surface area contributed by atoms with Gasteiger partial charge in [-0.1, -0.05) is 0 Å². The third kappa shape index (κ3) is 2.13. The van der Waals surface area contributed by atoms with Gasteiger partial charge < -0.3 is 9.80 Å². The van der Waals surface area contributed by atoms with E-state index in [1.807, 2.05) is 16.7 Å². The van der Waals surface area contributed by atoms with Gasteiger partial charge in [-0.15, -0.1) is 0 Å². The monoisotopic (exact) mass is 268 g/mol. The highest BCUT2D eigenvalue weighted by Gasteiger charge is 2.43. The lowest BCUT2D eigenvalue weighted by atomic mass is 9.95. The second-order valence-electron chi connectivity index (χ2n) is 5.62. The van der Waals surface area contributed by atoms with E-state index in [1.54, 1.807) is 6.92 Å². The summed E-state index contributed by atoms with van der Waals surface area (Å²) in [7, 11) is 0. The highest BCUT2D eigenvalue weighted by molar-refractivity contribution is 8.00. The largest absolute Gasteiger partial charge is 0.343 e. The Bertz CT molecular complexity index is 366. The molecule has 3 aliphatic rings. The molecule has 0 radical (unpaired) electrons. The van der Waals surface area contributed by atoms with Crippen molar-refractivity contribution in [3.05, 3.63) is 0 Å². The zero-order valence-electron chi connectivity index (χ0n) is 10.8. The smallest absolute Gasteiger partial charge is 0.226 e. The van der Waals surface area contributed by atoms with Crippen LogP contribution in [-0.2, 0) is 9.59 Å². The Labute approximate surface area is 112 Å². The van der Waals surface area contributed by atoms with E-state index < -0.39 is 0 Å². The number of carbonyl (C=O) groups excluding carboxylic acids is 2. The van der Waals surface area contributed by atoms with Gasteiger partial charge in [-0.2, -0.15) is 11.8 Å². The van der Waals surface area contributed by atoms with Crippen molar-refractivity contribution < 1.29 is 9.59 Å². The molecule has 3 saturated heterocycles. The molecule has 0 aromatic heterocycles. The Morgan fingerprint density at radius 2 is 1.94 bits per heavy atom. The van der Waals surface area contributed by atoms with Gasteiger partial charge >= 0.3 is 0 Å². The minimum absolute atomic E-state index is 0.137. The maximum atomic E-state index is 12.5. The van der Waals surface area contributed by atoms with E-state index in [0.717, 1.165) is 38.2 Å². The summed E-state index contributed by atoms with van der Waals surface area (Å²) in [5.41, 5.74) is 0. The molecular weight excluding hydrogens is 248 g/mol. The Kier molecular flexibility index (Phi) is 3.26. The molecule has 2 atom stereocenters. The topological polar surface area (TPSA) is 40.6 Å². The van der Waals surface area contributed by atoms with Gasteiger partial charge in [0.1, 0.15) is 0 Å². The summed E-state index contributed by atoms with van der Waals surface area (Å²) in [6, 6.07) is 0.498. The number of hydrogen-bond acceptors (Lipinski definition) is 3. The number of carbonyl (C=O) groups is 2. The van der Waals surface area contributed by atoms with Crippen LogP contribution in [0.4, 0.5) is 0 Å². The van der Waals surface area contributed by atoms with Gasteiger partial charge in [0, 0.05) is 49.5 Å². The number of rotatable bonds is 1. The van der Waals surface area contributed by atoms with Gasteiger partial charge in [0.05, 0.1) is 0 Å². The molecule has 2 bridgehead atoms. The third-order valence-corrected chi connectivity index (χ3v) is 5.86. The summed E-state index contributed by atoms with van der Waals surface area (Å²) in [6.45, 7) is 4.07. The highest BCUT2D eigenvalue weighted by Crippen LogP contribution is 2.38. The molecule has 3 rings (SSSR count). The van der Waals surface area contributed by atoms with E-state index >= 15 is 0 Å². The van der Waals surface area contributed by atoms with E-state index in [-0.39, 0.29) is 11.8 Å². The van der Waals surface area contributed by atoms with Crippen LogP contribution in [0.25, 0.3) is 0 Å². The molecule has 4 nitrogen and oxygen atoms in total. The molecule has 3 aliphatic heterocycles. The van der Waals surface area contributed by atoms with Crippen LogP contribution >= 0.6 is 11.8 Å². The van der Waals surface area contributed by atoms with Crippen LogP contribution in [-0.4, -0.2) is 58.3 Å². The lowest BCUT2D eigenvalue weighted by molar-refractivity contribution is -0.140. The molecule has 0 spiro atoms. The molecule has 100 valence electrons. The van der Waals surface area contributed by atoms with Gasteiger partial charge in [-0.05, 0) is 19.3 Å². The Hall–Kier alpha value is -0.710. The maximum absolute atomic E-state index is 12.5. The van der Waals surface area contributed by atoms with E-state index in [2.05, 4.69) is 4.90 Å². The van der Waals surface area contributed by atoms with E-state index in [4.69, 9.17) is 0 Å². The van der Waals surface area contributed by atoms with Gasteiger partial charge in [0.25, 0.3) is 0 Å². The number of thioether (sulfide) groups is 1. The number of piperidine rings is 1. The summed E-state index contributed by atoms with van der Waals surface area (Å²) in [5, 5.41) is 0.691. The average Bonchev–Trinajstić information content (AvgIpc) is 3.00. The summed E-state index contributed by atoms with van der Waals surface area (Å²) >= 11 is 2.02. The lowest BCUT2D eigenvalue weighted by Crippen LogP contribution is -2.46. The summed E-state index contributed by atoms with van der Waals surface area (Å²) in [6.07, 6.45) is 2.89. The van der Waals surface area contributed by atoms with Crippen LogP contribution in [0, 0.1) is 5.92 Å². The van der Waals surface area contributed by atoms with Crippen LogP contribution in [0.15, 0.2) is 0 Å². The third-order valence-electron chi connectivity index (χ3n) is 4.47. The van der Waals surface area contributed by atoms with Crippen molar-refractivity contribution in [3.63, 3.8) is 0 Å². The Balaban J connectivity index is 1.56. The Morgan fingerprint density at radius 3 is 2.44 bits per heavy atom. The maximum Gasteiger partial charge on any atom is 0.226 e. The zero-order valence-corrected chi connectivity index (χ0v) is 11.6. The van der Waals surface area contributed by atoms with Crippen molar-refractivity contribution in [2.45, 2.75) is 37.5 Å². The number of nitrogens with zero attached hydrogens (tertiary/aromatic N) is 2. The predicted octanol–water partition coefficient (Wildman–Crippen LogP) is 0.961. The lowest BCUT2D eigenvalue weighted by Gasteiger charge is -2.35. The first-order valence-electron chi connectivity index (χ1n) is 6.82. The molecule has 5 heteroatoms. The number of likely N-dealkylation sites (tertiary alicyclic amines) is 2. The minimum atomic E-state index is 0.137. The fourth-order valence-electron chi connectivity index (χ4n) is 3.35. The molecule has 0 N–H and O–H groups in total.